The first kappa shape index (κ1) is 87.5. The van der Waals surface area contributed by atoms with Gasteiger partial charge in [-0.05, 0) is 71.6 Å². The van der Waals surface area contributed by atoms with Crippen molar-refractivity contribution in [3.63, 3.8) is 0 Å². The first-order valence-electron chi connectivity index (χ1n) is 38.4. The maximum Gasteiger partial charge on any atom is 0.407 e. The third kappa shape index (κ3) is 26.0. The Morgan fingerprint density at radius 1 is 0.336 bits per heavy atom. The second kappa shape index (κ2) is 42.6. The lowest BCUT2D eigenvalue weighted by Crippen LogP contribution is -2.61. The first-order chi connectivity index (χ1) is 55.6. The van der Waals surface area contributed by atoms with Gasteiger partial charge in [0.2, 0.25) is 59.1 Å². The summed E-state index contributed by atoms with van der Waals surface area (Å²) in [5.41, 5.74) is 5.96. The number of imidazole rings is 6. The Kier molecular flexibility index (Phi) is 32.1. The number of amides is 11. The van der Waals surface area contributed by atoms with Gasteiger partial charge in [-0.15, -0.1) is 0 Å². The Bertz CT molecular complexity index is 4490. The fraction of sp³-hybridized carbons (Fsp3) is 0.462. The summed E-state index contributed by atoms with van der Waals surface area (Å²) in [6.45, 7) is 14.4. The highest BCUT2D eigenvalue weighted by atomic mass is 32.1. The molecule has 0 saturated heterocycles. The Labute approximate surface area is 674 Å². The molecule has 116 heavy (non-hydrogen) atoms. The fourth-order valence-corrected chi connectivity index (χ4v) is 13.7. The van der Waals surface area contributed by atoms with Crippen LogP contribution in [0.2, 0.25) is 0 Å². The molecule has 11 atom stereocenters. The van der Waals surface area contributed by atoms with Crippen LogP contribution in [0.1, 0.15) is 132 Å². The number of carboxylic acid groups (broad SMARTS) is 1. The highest BCUT2D eigenvalue weighted by Crippen LogP contribution is 2.44. The molecule has 9 rings (SSSR count). The van der Waals surface area contributed by atoms with Gasteiger partial charge >= 0.3 is 12.1 Å². The predicted molar refractivity (Wildman–Crippen MR) is 424 cm³/mol. The molecule has 18 N–H and O–H groups in total. The van der Waals surface area contributed by atoms with Gasteiger partial charge in [-0.2, -0.15) is 12.6 Å². The van der Waals surface area contributed by atoms with Gasteiger partial charge in [0.05, 0.1) is 72.1 Å². The monoisotopic (exact) mass is 1620 g/mol. The molecule has 0 bridgehead atoms. The molecule has 6 heterocycles. The van der Waals surface area contributed by atoms with Gasteiger partial charge in [-0.3, -0.25) is 47.9 Å². The zero-order valence-electron chi connectivity index (χ0n) is 65.7. The molecule has 0 spiro atoms. The number of carboxylic acids is 1. The van der Waals surface area contributed by atoms with Gasteiger partial charge in [-0.25, -0.2) is 39.5 Å². The van der Waals surface area contributed by atoms with E-state index < -0.39 is 138 Å². The normalized spacial score (nSPS) is 14.7. The van der Waals surface area contributed by atoms with Crippen LogP contribution in [0.3, 0.4) is 0 Å². The number of alkyl carbamates (subject to hydrolysis) is 1. The van der Waals surface area contributed by atoms with E-state index >= 15 is 0 Å². The number of aliphatic carboxylic acids is 1. The largest absolute Gasteiger partial charge is 0.480 e. The van der Waals surface area contributed by atoms with Gasteiger partial charge < -0.3 is 98.2 Å². The molecular formula is C78H103N23O14S. The maximum absolute atomic E-state index is 15.0. The van der Waals surface area contributed by atoms with E-state index in [1.807, 2.05) is 62.4 Å². The van der Waals surface area contributed by atoms with Crippen LogP contribution in [0.25, 0.3) is 11.1 Å². The number of aromatic amines is 6. The summed E-state index contributed by atoms with van der Waals surface area (Å²) < 4.78 is 5.73. The van der Waals surface area contributed by atoms with E-state index in [1.165, 1.54) is 75.1 Å². The van der Waals surface area contributed by atoms with Crippen LogP contribution in [-0.4, -0.2) is 215 Å². The molecule has 37 nitrogen and oxygen atoms in total. The number of rotatable bonds is 45. The Hall–Kier alpha value is -12.5. The lowest BCUT2D eigenvalue weighted by molar-refractivity contribution is -0.142. The van der Waals surface area contributed by atoms with E-state index in [0.29, 0.717) is 34.2 Å². The van der Waals surface area contributed by atoms with Crippen molar-refractivity contribution in [3.05, 3.63) is 169 Å². The summed E-state index contributed by atoms with van der Waals surface area (Å²) in [4.78, 5) is 215. The highest BCUT2D eigenvalue weighted by molar-refractivity contribution is 7.80. The molecule has 2 aromatic carbocycles. The summed E-state index contributed by atoms with van der Waals surface area (Å²) in [7, 11) is 0. The topological polar surface area (TPSA) is 539 Å². The van der Waals surface area contributed by atoms with E-state index in [9.17, 15) is 62.6 Å². The second-order valence-electron chi connectivity index (χ2n) is 30.3. The minimum absolute atomic E-state index is 0.00249. The lowest BCUT2D eigenvalue weighted by atomic mass is 9.98. The number of ether oxygens (including phenoxy) is 1. The number of hydrogen-bond acceptors (Lipinski definition) is 20. The average molecular weight is 1620 g/mol. The number of aromatic nitrogens is 12. The van der Waals surface area contributed by atoms with Crippen LogP contribution in [0.5, 0.6) is 0 Å². The van der Waals surface area contributed by atoms with Crippen LogP contribution in [0.15, 0.2) is 124 Å². The third-order valence-corrected chi connectivity index (χ3v) is 19.4. The summed E-state index contributed by atoms with van der Waals surface area (Å²) in [6, 6.07) is 0.131. The molecule has 6 aromatic heterocycles. The van der Waals surface area contributed by atoms with Crippen molar-refractivity contribution in [1.82, 2.24) is 118 Å². The van der Waals surface area contributed by atoms with Gasteiger partial charge in [0.25, 0.3) is 0 Å². The quantitative estimate of drug-likeness (QED) is 0.0242. The number of fused-ring (bicyclic) bond motifs is 3. The van der Waals surface area contributed by atoms with E-state index in [1.54, 1.807) is 41.5 Å². The van der Waals surface area contributed by atoms with Gasteiger partial charge in [0.1, 0.15) is 73.1 Å². The smallest absolute Gasteiger partial charge is 0.407 e. The molecule has 0 saturated carbocycles. The number of H-pyrrole nitrogens is 6. The van der Waals surface area contributed by atoms with E-state index in [0.717, 1.165) is 22.3 Å². The van der Waals surface area contributed by atoms with Gasteiger partial charge in [-0.1, -0.05) is 104 Å². The van der Waals surface area contributed by atoms with Crippen molar-refractivity contribution in [2.24, 2.45) is 23.7 Å². The van der Waals surface area contributed by atoms with Crippen molar-refractivity contribution in [2.45, 2.75) is 192 Å². The molecule has 38 heteroatoms. The average Bonchev–Trinajstić information content (AvgIpc) is 1.61. The minimum atomic E-state index is -1.51. The van der Waals surface area contributed by atoms with Crippen molar-refractivity contribution in [3.8, 4) is 11.1 Å². The van der Waals surface area contributed by atoms with Gasteiger partial charge in [0.15, 0.2) is 0 Å². The Morgan fingerprint density at radius 2 is 0.560 bits per heavy atom. The molecule has 1 aliphatic rings. The van der Waals surface area contributed by atoms with Crippen LogP contribution in [0, 0.1) is 23.7 Å². The molecular weight excluding hydrogens is 1520 g/mol. The molecule has 0 radical (unpaired) electrons. The fourth-order valence-electron chi connectivity index (χ4n) is 13.4. The van der Waals surface area contributed by atoms with Crippen molar-refractivity contribution >= 4 is 83.8 Å². The molecule has 0 aliphatic heterocycles. The SMILES string of the molecule is CC(C)C[C@H](NC(=O)[C@H](CS)NC(=O)OCC1c2ccccc2-c2ccccc21)C(=O)N[C@@H](Cc1c[nH]cn1)C(=O)N[C@@H](Cc1c[nH]cn1)C(=O)N[C@@H](CC(C)C)C(=O)N[C@@H](CC(C)C)C(=O)N[C@@H](Cc1c[nH]cn1)C(=O)N[C@@H](Cc1c[nH]cn1)C(=O)N[C@@H](CC(C)C)C(=O)N[C@@H](Cc1c[nH]cn1)C(=O)N[C@@H](Cc1c[nH]cn1)C(=O)O. The number of carbonyl (C=O) groups excluding carboxylic acids is 11. The number of nitrogens with zero attached hydrogens (tertiary/aromatic N) is 6. The van der Waals surface area contributed by atoms with E-state index in [2.05, 4.69) is 131 Å². The summed E-state index contributed by atoms with van der Waals surface area (Å²) in [5.74, 6) is -11.3. The van der Waals surface area contributed by atoms with E-state index in [4.69, 9.17) is 4.74 Å². The third-order valence-electron chi connectivity index (χ3n) is 19.1. The number of carbonyl (C=O) groups is 12. The molecule has 620 valence electrons. The Balaban J connectivity index is 0.884. The number of thiol groups is 1. The molecule has 1 aliphatic carbocycles. The molecule has 8 aromatic rings. The zero-order chi connectivity index (χ0) is 83.5. The van der Waals surface area contributed by atoms with Crippen LogP contribution < -0.4 is 58.5 Å². The number of hydrogen-bond donors (Lipinski definition) is 19. The Morgan fingerprint density at radius 3 is 0.793 bits per heavy atom. The van der Waals surface area contributed by atoms with Crippen molar-refractivity contribution in [1.29, 1.82) is 0 Å². The lowest BCUT2D eigenvalue weighted by Gasteiger charge is -2.29. The summed E-state index contributed by atoms with van der Waals surface area (Å²) >= 11 is 4.37. The van der Waals surface area contributed by atoms with Crippen LogP contribution in [0.4, 0.5) is 4.79 Å². The van der Waals surface area contributed by atoms with Crippen LogP contribution in [-0.2, 0) is 96.0 Å². The molecule has 11 amide bonds. The number of nitrogens with one attached hydrogen (secondary N) is 17. The first-order valence-corrected chi connectivity index (χ1v) is 39.1. The van der Waals surface area contributed by atoms with Crippen molar-refractivity contribution in [2.75, 3.05) is 12.4 Å². The standard InChI is InChI=1S/C78H103N23O14S/c1-41(2)17-56(92-71(106)60(21-45-27-79-35-85-45)98-74(109)63(24-48-30-82-38-88-48)96-70(105)59(20-44(7)8)94-76(111)66(34-116)101-78(114)115-33-55-53-15-11-9-13-51(53)52-14-10-12-16-54(52)55)67(102)91-57(18-42(3)4)68(103)95-62(23-47-29-81-37-87-47)73(108)99-61(22-46-28-80-36-86-46)72(107)93-58(19-43(5)6)69(104)97-64(25-49-31-83-39-89-49)75(110)100-65(77(112)113)26-50-32-84-40-90-50/h9-16,27-32,35-44,55-66,116H,17-26,33-34H2,1-8H3,(H,79,85)(H,80,86)(H,81,87)(H,82,88)(H,83,89)(H,84,90)(H,91,102)(H,92,106)(H,93,107)(H,94,111)(H,95,103)(H,96,105)(H,97,104)(H,98,109)(H,99,108)(H,100,110)(H,101,114)(H,112,113)/t56-,57-,58-,59-,60-,61-,62-,63-,64-,65-,66-/m0/s1. The highest BCUT2D eigenvalue weighted by Gasteiger charge is 2.39. The van der Waals surface area contributed by atoms with Crippen LogP contribution >= 0.6 is 12.6 Å². The molecule has 0 unspecified atom stereocenters. The minimum Gasteiger partial charge on any atom is -0.480 e. The van der Waals surface area contributed by atoms with E-state index in [-0.39, 0.29) is 106 Å². The second-order valence-corrected chi connectivity index (χ2v) is 30.6. The maximum atomic E-state index is 15.0. The van der Waals surface area contributed by atoms with Gasteiger partial charge in [0, 0.05) is 87.4 Å². The number of benzene rings is 2. The summed E-state index contributed by atoms with van der Waals surface area (Å²) in [5, 5.41) is 40.0. The predicted octanol–water partition coefficient (Wildman–Crippen LogP) is 1.74. The molecule has 0 fully saturated rings. The van der Waals surface area contributed by atoms with Crippen molar-refractivity contribution < 1.29 is 67.4 Å². The zero-order valence-corrected chi connectivity index (χ0v) is 66.5. The summed E-state index contributed by atoms with van der Waals surface area (Å²) in [6.07, 6.45) is 14.9.